The number of urea groups is 1. The minimum absolute atomic E-state index is 0.112. The monoisotopic (exact) mass is 387 g/mol. The average Bonchev–Trinajstić information content (AvgIpc) is 2.46. The Labute approximate surface area is 145 Å². The number of rotatable bonds is 4. The average molecular weight is 389 g/mol. The second kappa shape index (κ2) is 8.38. The van der Waals surface area contributed by atoms with E-state index in [0.717, 1.165) is 0 Å². The fraction of sp³-hybridized carbons (Fsp3) is 0.273. The van der Waals surface area contributed by atoms with E-state index in [9.17, 15) is 14.4 Å². The van der Waals surface area contributed by atoms with E-state index < -0.39 is 30.2 Å². The van der Waals surface area contributed by atoms with Crippen LogP contribution in [0.2, 0.25) is 20.2 Å². The molecule has 0 saturated heterocycles. The van der Waals surface area contributed by atoms with Crippen LogP contribution in [-0.4, -0.2) is 36.0 Å². The Bertz CT molecular complexity index is 624. The van der Waals surface area contributed by atoms with Gasteiger partial charge in [-0.05, 0) is 6.92 Å². The first-order valence-corrected chi connectivity index (χ1v) is 7.23. The van der Waals surface area contributed by atoms with Crippen molar-refractivity contribution in [1.82, 2.24) is 15.6 Å². The van der Waals surface area contributed by atoms with Gasteiger partial charge in [-0.3, -0.25) is 10.1 Å². The van der Waals surface area contributed by atoms with Gasteiger partial charge in [-0.1, -0.05) is 46.4 Å². The van der Waals surface area contributed by atoms with Gasteiger partial charge in [0.05, 0.1) is 15.1 Å². The minimum atomic E-state index is -1.04. The molecule has 1 aromatic heterocycles. The normalized spacial score (nSPS) is 10.0. The molecule has 1 heterocycles. The molecule has 22 heavy (non-hydrogen) atoms. The molecule has 7 nitrogen and oxygen atoms in total. The summed E-state index contributed by atoms with van der Waals surface area (Å²) in [6, 6.07) is -0.711. The second-order valence-corrected chi connectivity index (χ2v) is 5.17. The summed E-state index contributed by atoms with van der Waals surface area (Å²) in [6.45, 7) is 1.29. The van der Waals surface area contributed by atoms with Gasteiger partial charge in [0.15, 0.2) is 12.3 Å². The molecular formula is C11H9Cl4N3O4. The van der Waals surface area contributed by atoms with Crippen LogP contribution in [0.3, 0.4) is 0 Å². The van der Waals surface area contributed by atoms with Gasteiger partial charge in [-0.25, -0.2) is 14.6 Å². The zero-order chi connectivity index (χ0) is 16.9. The lowest BCUT2D eigenvalue weighted by Crippen LogP contribution is -2.41. The number of hydrogen-bond donors (Lipinski definition) is 2. The largest absolute Gasteiger partial charge is 0.451 e. The fourth-order valence-corrected chi connectivity index (χ4v) is 1.99. The van der Waals surface area contributed by atoms with Gasteiger partial charge in [-0.2, -0.15) is 0 Å². The van der Waals surface area contributed by atoms with Crippen molar-refractivity contribution < 1.29 is 19.1 Å². The van der Waals surface area contributed by atoms with E-state index in [-0.39, 0.29) is 20.2 Å². The number of hydrogen-bond acceptors (Lipinski definition) is 5. The molecule has 0 bridgehead atoms. The lowest BCUT2D eigenvalue weighted by Gasteiger charge is -2.08. The predicted molar refractivity (Wildman–Crippen MR) is 81.8 cm³/mol. The molecule has 1 rings (SSSR count). The third-order valence-electron chi connectivity index (χ3n) is 2.10. The van der Waals surface area contributed by atoms with Gasteiger partial charge in [0, 0.05) is 6.54 Å². The number of imide groups is 1. The number of amides is 3. The zero-order valence-electron chi connectivity index (χ0n) is 11.0. The molecule has 0 saturated carbocycles. The van der Waals surface area contributed by atoms with Crippen molar-refractivity contribution in [2.45, 2.75) is 6.92 Å². The Morgan fingerprint density at radius 1 is 1.09 bits per heavy atom. The molecule has 3 amide bonds. The quantitative estimate of drug-likeness (QED) is 0.610. The van der Waals surface area contributed by atoms with Gasteiger partial charge >= 0.3 is 12.0 Å². The number of carbonyl (C=O) groups is 3. The van der Waals surface area contributed by atoms with E-state index in [4.69, 9.17) is 46.4 Å². The molecular weight excluding hydrogens is 380 g/mol. The van der Waals surface area contributed by atoms with Crippen LogP contribution in [0.15, 0.2) is 0 Å². The van der Waals surface area contributed by atoms with Gasteiger partial charge < -0.3 is 10.1 Å². The molecule has 0 aromatic carbocycles. The number of carbonyl (C=O) groups excluding carboxylic acids is 3. The highest BCUT2D eigenvalue weighted by atomic mass is 35.5. The van der Waals surface area contributed by atoms with Crippen LogP contribution in [0.4, 0.5) is 4.79 Å². The molecule has 0 spiro atoms. The molecule has 11 heteroatoms. The van der Waals surface area contributed by atoms with Crippen LogP contribution < -0.4 is 10.6 Å². The fourth-order valence-electron chi connectivity index (χ4n) is 1.19. The maximum Gasteiger partial charge on any atom is 0.359 e. The van der Waals surface area contributed by atoms with Crippen molar-refractivity contribution in [2.24, 2.45) is 0 Å². The van der Waals surface area contributed by atoms with Crippen LogP contribution >= 0.6 is 46.4 Å². The summed E-state index contributed by atoms with van der Waals surface area (Å²) in [5.41, 5.74) is -0.396. The SMILES string of the molecule is CCNC(=O)NC(=O)COC(=O)c1nc(Cl)c(Cl)c(Cl)c1Cl. The van der Waals surface area contributed by atoms with Crippen molar-refractivity contribution in [3.63, 3.8) is 0 Å². The van der Waals surface area contributed by atoms with Gasteiger partial charge in [0.25, 0.3) is 5.91 Å². The molecule has 0 fully saturated rings. The van der Waals surface area contributed by atoms with E-state index in [1.54, 1.807) is 6.92 Å². The highest BCUT2D eigenvalue weighted by Crippen LogP contribution is 2.36. The number of ether oxygens (including phenoxy) is 1. The van der Waals surface area contributed by atoms with Crippen LogP contribution in [-0.2, 0) is 9.53 Å². The lowest BCUT2D eigenvalue weighted by atomic mass is 10.3. The standard InChI is InChI=1S/C11H9Cl4N3O4/c1-2-16-11(21)17-4(19)3-22-10(20)8-6(13)5(12)7(14)9(15)18-8/h2-3H2,1H3,(H2,16,17,19,21). The minimum Gasteiger partial charge on any atom is -0.451 e. The summed E-state index contributed by atoms with van der Waals surface area (Å²) in [4.78, 5) is 37.9. The predicted octanol–water partition coefficient (Wildman–Crippen LogP) is 2.70. The summed E-state index contributed by atoms with van der Waals surface area (Å²) in [6.07, 6.45) is 0. The second-order valence-electron chi connectivity index (χ2n) is 3.68. The smallest absolute Gasteiger partial charge is 0.359 e. The maximum absolute atomic E-state index is 11.8. The number of esters is 1. The number of halogens is 4. The van der Waals surface area contributed by atoms with Crippen molar-refractivity contribution in [3.8, 4) is 0 Å². The number of aromatic nitrogens is 1. The van der Waals surface area contributed by atoms with Crippen LogP contribution in [0.1, 0.15) is 17.4 Å². The Hall–Kier alpha value is -1.28. The van der Waals surface area contributed by atoms with E-state index in [0.29, 0.717) is 6.54 Å². The molecule has 0 aliphatic carbocycles. The van der Waals surface area contributed by atoms with Crippen molar-refractivity contribution in [3.05, 3.63) is 25.9 Å². The highest BCUT2D eigenvalue weighted by Gasteiger charge is 2.22. The molecule has 0 aliphatic rings. The third kappa shape index (κ3) is 4.88. The third-order valence-corrected chi connectivity index (χ3v) is 3.78. The summed E-state index contributed by atoms with van der Waals surface area (Å²) >= 11 is 23.0. The molecule has 0 radical (unpaired) electrons. The van der Waals surface area contributed by atoms with Gasteiger partial charge in [-0.15, -0.1) is 0 Å². The van der Waals surface area contributed by atoms with E-state index >= 15 is 0 Å². The topological polar surface area (TPSA) is 97.4 Å². The zero-order valence-corrected chi connectivity index (χ0v) is 14.0. The summed E-state index contributed by atoms with van der Waals surface area (Å²) in [7, 11) is 0. The summed E-state index contributed by atoms with van der Waals surface area (Å²) in [5, 5.41) is 3.50. The van der Waals surface area contributed by atoms with Gasteiger partial charge in [0.2, 0.25) is 0 Å². The van der Waals surface area contributed by atoms with Crippen molar-refractivity contribution >= 4 is 64.3 Å². The molecule has 2 N–H and O–H groups in total. The first kappa shape index (κ1) is 18.8. The van der Waals surface area contributed by atoms with Crippen LogP contribution in [0, 0.1) is 0 Å². The number of pyridine rings is 1. The highest BCUT2D eigenvalue weighted by molar-refractivity contribution is 6.52. The molecule has 1 aromatic rings. The van der Waals surface area contributed by atoms with E-state index in [1.165, 1.54) is 0 Å². The van der Waals surface area contributed by atoms with Crippen LogP contribution in [0.25, 0.3) is 0 Å². The molecule has 0 aliphatic heterocycles. The number of nitrogens with zero attached hydrogens (tertiary/aromatic N) is 1. The van der Waals surface area contributed by atoms with Gasteiger partial charge in [0.1, 0.15) is 5.15 Å². The Morgan fingerprint density at radius 2 is 1.73 bits per heavy atom. The summed E-state index contributed by atoms with van der Waals surface area (Å²) in [5.74, 6) is -1.88. The maximum atomic E-state index is 11.8. The molecule has 120 valence electrons. The van der Waals surface area contributed by atoms with Crippen molar-refractivity contribution in [1.29, 1.82) is 0 Å². The molecule has 0 atom stereocenters. The lowest BCUT2D eigenvalue weighted by molar-refractivity contribution is -0.123. The van der Waals surface area contributed by atoms with E-state index in [2.05, 4.69) is 15.0 Å². The Morgan fingerprint density at radius 3 is 2.32 bits per heavy atom. The first-order valence-electron chi connectivity index (χ1n) is 5.72. The summed E-state index contributed by atoms with van der Waals surface area (Å²) < 4.78 is 4.66. The number of nitrogens with one attached hydrogen (secondary N) is 2. The van der Waals surface area contributed by atoms with Crippen molar-refractivity contribution in [2.75, 3.05) is 13.2 Å². The first-order chi connectivity index (χ1) is 10.3. The Balaban J connectivity index is 2.71. The van der Waals surface area contributed by atoms with Crippen LogP contribution in [0.5, 0.6) is 0 Å². The Kier molecular flexibility index (Phi) is 7.15. The van der Waals surface area contributed by atoms with E-state index in [1.807, 2.05) is 5.32 Å². The molecule has 0 unspecified atom stereocenters.